The second-order valence-electron chi connectivity index (χ2n) is 7.38. The number of carbonyl (C=O) groups is 3. The van der Waals surface area contributed by atoms with E-state index in [0.717, 1.165) is 0 Å². The molecule has 1 aromatic rings. The second kappa shape index (κ2) is 9.39. The van der Waals surface area contributed by atoms with Gasteiger partial charge in [-0.1, -0.05) is 6.92 Å². The molecule has 1 saturated heterocycles. The zero-order chi connectivity index (χ0) is 19.6. The minimum Gasteiger partial charge on any atom is -0.479 e. The number of ether oxygens (including phenoxy) is 1. The summed E-state index contributed by atoms with van der Waals surface area (Å²) >= 11 is 0. The molecular formula is C20H28ClN3O4. The number of carbonyl (C=O) groups excluding carboxylic acids is 3. The Labute approximate surface area is 171 Å². The van der Waals surface area contributed by atoms with Crippen LogP contribution in [0.2, 0.25) is 0 Å². The molecule has 28 heavy (non-hydrogen) atoms. The summed E-state index contributed by atoms with van der Waals surface area (Å²) in [7, 11) is 1.83. The van der Waals surface area contributed by atoms with Crippen molar-refractivity contribution in [2.24, 2.45) is 11.8 Å². The number of rotatable bonds is 5. The van der Waals surface area contributed by atoms with Crippen LogP contribution in [0, 0.1) is 11.8 Å². The van der Waals surface area contributed by atoms with E-state index in [2.05, 4.69) is 10.6 Å². The molecular weight excluding hydrogens is 382 g/mol. The van der Waals surface area contributed by atoms with Crippen molar-refractivity contribution in [2.75, 3.05) is 32.0 Å². The lowest BCUT2D eigenvalue weighted by molar-refractivity contribution is -0.136. The van der Waals surface area contributed by atoms with E-state index in [0.29, 0.717) is 49.5 Å². The summed E-state index contributed by atoms with van der Waals surface area (Å²) in [5.74, 6) is 0.394. The predicted molar refractivity (Wildman–Crippen MR) is 109 cm³/mol. The topological polar surface area (TPSA) is 87.7 Å². The first-order valence-electron chi connectivity index (χ1n) is 9.50. The number of anilines is 1. The van der Waals surface area contributed by atoms with Gasteiger partial charge >= 0.3 is 0 Å². The Hall–Kier alpha value is -2.12. The van der Waals surface area contributed by atoms with Crippen LogP contribution >= 0.6 is 12.4 Å². The van der Waals surface area contributed by atoms with Crippen molar-refractivity contribution in [1.29, 1.82) is 0 Å². The average molecular weight is 410 g/mol. The third-order valence-electron chi connectivity index (χ3n) is 5.30. The fraction of sp³-hybridized carbons (Fsp3) is 0.550. The normalized spacial score (nSPS) is 20.3. The Kier molecular flexibility index (Phi) is 7.43. The van der Waals surface area contributed by atoms with E-state index >= 15 is 0 Å². The highest BCUT2D eigenvalue weighted by molar-refractivity contribution is 6.02. The largest absolute Gasteiger partial charge is 0.479 e. The standard InChI is InChI=1S/C20H27N3O4.ClH/c1-12(11-21-3)20(26)23-8-6-14(7-9-23)18(24)15-4-5-17-16(10-15)22-19(25)13(2)27-17;/h4-5,10,12-14,21H,6-9,11H2,1-3H3,(H,22,25);1H. The molecule has 2 aliphatic rings. The van der Waals surface area contributed by atoms with Gasteiger partial charge in [0, 0.05) is 37.0 Å². The third-order valence-corrected chi connectivity index (χ3v) is 5.30. The van der Waals surface area contributed by atoms with Gasteiger partial charge < -0.3 is 20.3 Å². The van der Waals surface area contributed by atoms with Crippen molar-refractivity contribution < 1.29 is 19.1 Å². The quantitative estimate of drug-likeness (QED) is 0.727. The van der Waals surface area contributed by atoms with Crippen LogP contribution in [0.15, 0.2) is 18.2 Å². The minimum atomic E-state index is -0.536. The summed E-state index contributed by atoms with van der Waals surface area (Å²) in [6.07, 6.45) is 0.785. The first-order chi connectivity index (χ1) is 12.9. The maximum absolute atomic E-state index is 12.9. The van der Waals surface area contributed by atoms with Gasteiger partial charge in [-0.25, -0.2) is 0 Å². The smallest absolute Gasteiger partial charge is 0.265 e. The highest BCUT2D eigenvalue weighted by Crippen LogP contribution is 2.32. The lowest BCUT2D eigenvalue weighted by atomic mass is 9.88. The van der Waals surface area contributed by atoms with Crippen LogP contribution in [0.5, 0.6) is 5.75 Å². The van der Waals surface area contributed by atoms with Gasteiger partial charge in [0.25, 0.3) is 5.91 Å². The molecule has 0 spiro atoms. The molecule has 0 aliphatic carbocycles. The van der Waals surface area contributed by atoms with Crippen LogP contribution in [0.25, 0.3) is 0 Å². The van der Waals surface area contributed by atoms with Gasteiger partial charge in [-0.15, -0.1) is 12.4 Å². The number of ketones is 1. The number of piperidine rings is 1. The SMILES string of the molecule is CNCC(C)C(=O)N1CCC(C(=O)c2ccc3c(c2)NC(=O)C(C)O3)CC1.Cl. The Bertz CT molecular complexity index is 747. The van der Waals surface area contributed by atoms with Crippen molar-refractivity contribution in [2.45, 2.75) is 32.8 Å². The number of halogens is 1. The number of amides is 2. The molecule has 2 heterocycles. The van der Waals surface area contributed by atoms with Crippen molar-refractivity contribution >= 4 is 35.7 Å². The molecule has 0 radical (unpaired) electrons. The zero-order valence-electron chi connectivity index (χ0n) is 16.5. The fourth-order valence-electron chi connectivity index (χ4n) is 3.66. The molecule has 1 aromatic carbocycles. The summed E-state index contributed by atoms with van der Waals surface area (Å²) < 4.78 is 5.53. The minimum absolute atomic E-state index is 0. The Balaban J connectivity index is 0.00000280. The van der Waals surface area contributed by atoms with Crippen molar-refractivity contribution in [3.63, 3.8) is 0 Å². The lowest BCUT2D eigenvalue weighted by Crippen LogP contribution is -2.44. The molecule has 8 heteroatoms. The molecule has 1 fully saturated rings. The number of fused-ring (bicyclic) bond motifs is 1. The lowest BCUT2D eigenvalue weighted by Gasteiger charge is -2.33. The summed E-state index contributed by atoms with van der Waals surface area (Å²) in [5.41, 5.74) is 1.11. The first kappa shape index (κ1) is 22.2. The van der Waals surface area contributed by atoms with E-state index in [-0.39, 0.29) is 41.8 Å². The molecule has 3 rings (SSSR count). The van der Waals surface area contributed by atoms with E-state index < -0.39 is 6.10 Å². The van der Waals surface area contributed by atoms with E-state index in [1.807, 2.05) is 18.9 Å². The number of Topliss-reactive ketones (excluding diaryl/α,β-unsaturated/α-hetero) is 1. The molecule has 0 aromatic heterocycles. The Morgan fingerprint density at radius 3 is 2.64 bits per heavy atom. The van der Waals surface area contributed by atoms with E-state index in [1.54, 1.807) is 25.1 Å². The predicted octanol–water partition coefficient (Wildman–Crippen LogP) is 2.10. The van der Waals surface area contributed by atoms with Crippen LogP contribution in [0.4, 0.5) is 5.69 Å². The van der Waals surface area contributed by atoms with Crippen molar-refractivity contribution in [1.82, 2.24) is 10.2 Å². The molecule has 7 nitrogen and oxygen atoms in total. The zero-order valence-corrected chi connectivity index (χ0v) is 17.3. The highest BCUT2D eigenvalue weighted by atomic mass is 35.5. The number of hydrogen-bond donors (Lipinski definition) is 2. The van der Waals surface area contributed by atoms with Gasteiger partial charge in [0.2, 0.25) is 5.91 Å². The molecule has 2 unspecified atom stereocenters. The van der Waals surface area contributed by atoms with Crippen LogP contribution in [0.1, 0.15) is 37.0 Å². The number of hydrogen-bond acceptors (Lipinski definition) is 5. The number of likely N-dealkylation sites (tertiary alicyclic amines) is 1. The molecule has 0 saturated carbocycles. The summed E-state index contributed by atoms with van der Waals surface area (Å²) in [4.78, 5) is 38.9. The number of nitrogens with zero attached hydrogens (tertiary/aromatic N) is 1. The molecule has 0 bridgehead atoms. The van der Waals surface area contributed by atoms with Crippen LogP contribution in [0.3, 0.4) is 0 Å². The van der Waals surface area contributed by atoms with Crippen molar-refractivity contribution in [3.8, 4) is 5.75 Å². The van der Waals surface area contributed by atoms with Gasteiger partial charge in [-0.05, 0) is 45.0 Å². The average Bonchev–Trinajstić information content (AvgIpc) is 2.67. The van der Waals surface area contributed by atoms with Crippen LogP contribution < -0.4 is 15.4 Å². The number of nitrogens with one attached hydrogen (secondary N) is 2. The summed E-state index contributed by atoms with van der Waals surface area (Å²) in [6.45, 7) is 5.46. The van der Waals surface area contributed by atoms with E-state index in [4.69, 9.17) is 4.74 Å². The van der Waals surface area contributed by atoms with Crippen LogP contribution in [-0.2, 0) is 9.59 Å². The molecule has 2 amide bonds. The monoisotopic (exact) mass is 409 g/mol. The highest BCUT2D eigenvalue weighted by Gasteiger charge is 2.31. The second-order valence-corrected chi connectivity index (χ2v) is 7.38. The van der Waals surface area contributed by atoms with Gasteiger partial charge in [0.05, 0.1) is 5.69 Å². The maximum atomic E-state index is 12.9. The van der Waals surface area contributed by atoms with Gasteiger partial charge in [-0.3, -0.25) is 14.4 Å². The summed E-state index contributed by atoms with van der Waals surface area (Å²) in [5, 5.41) is 5.80. The van der Waals surface area contributed by atoms with E-state index in [1.165, 1.54) is 0 Å². The first-order valence-corrected chi connectivity index (χ1v) is 9.50. The Morgan fingerprint density at radius 2 is 2.00 bits per heavy atom. The number of benzene rings is 1. The third kappa shape index (κ3) is 4.64. The van der Waals surface area contributed by atoms with Gasteiger partial charge in [0.15, 0.2) is 11.9 Å². The van der Waals surface area contributed by atoms with Gasteiger partial charge in [-0.2, -0.15) is 0 Å². The fourth-order valence-corrected chi connectivity index (χ4v) is 3.66. The molecule has 2 atom stereocenters. The molecule has 2 aliphatic heterocycles. The Morgan fingerprint density at radius 1 is 1.32 bits per heavy atom. The van der Waals surface area contributed by atoms with Gasteiger partial charge in [0.1, 0.15) is 5.75 Å². The molecule has 2 N–H and O–H groups in total. The maximum Gasteiger partial charge on any atom is 0.265 e. The molecule has 154 valence electrons. The van der Waals surface area contributed by atoms with Crippen molar-refractivity contribution in [3.05, 3.63) is 23.8 Å². The summed E-state index contributed by atoms with van der Waals surface area (Å²) in [6, 6.07) is 5.17. The van der Waals surface area contributed by atoms with Crippen LogP contribution in [-0.4, -0.2) is 55.3 Å². The van der Waals surface area contributed by atoms with E-state index in [9.17, 15) is 14.4 Å².